The first-order valence-corrected chi connectivity index (χ1v) is 10.7. The topological polar surface area (TPSA) is 69.0 Å². The lowest BCUT2D eigenvalue weighted by Crippen LogP contribution is -2.35. The highest BCUT2D eigenvalue weighted by atomic mass is 19.3. The lowest BCUT2D eigenvalue weighted by Gasteiger charge is -2.23. The van der Waals surface area contributed by atoms with E-state index in [1.807, 2.05) is 0 Å². The predicted octanol–water partition coefficient (Wildman–Crippen LogP) is 4.65. The van der Waals surface area contributed by atoms with Gasteiger partial charge in [0.25, 0.3) is 17.9 Å². The molecule has 174 valence electrons. The Morgan fingerprint density at radius 1 is 1.18 bits per heavy atom. The zero-order valence-corrected chi connectivity index (χ0v) is 18.0. The summed E-state index contributed by atoms with van der Waals surface area (Å²) in [5, 5.41) is 3.48. The third kappa shape index (κ3) is 3.47. The van der Waals surface area contributed by atoms with E-state index in [2.05, 4.69) is 15.3 Å². The van der Waals surface area contributed by atoms with E-state index < -0.39 is 29.7 Å². The van der Waals surface area contributed by atoms with Crippen LogP contribution in [-0.4, -0.2) is 28.1 Å². The molecule has 2 aliphatic rings. The third-order valence-electron chi connectivity index (χ3n) is 6.57. The van der Waals surface area contributed by atoms with Crippen molar-refractivity contribution < 1.29 is 22.3 Å². The molecule has 2 aliphatic carbocycles. The van der Waals surface area contributed by atoms with Gasteiger partial charge in [-0.25, -0.2) is 27.5 Å². The van der Waals surface area contributed by atoms with Crippen LogP contribution < -0.4 is 10.9 Å². The summed E-state index contributed by atoms with van der Waals surface area (Å²) < 4.78 is 62.6. The second kappa shape index (κ2) is 7.51. The van der Waals surface area contributed by atoms with Crippen LogP contribution >= 0.6 is 0 Å². The molecule has 0 radical (unpaired) electrons. The molecule has 0 saturated heterocycles. The van der Waals surface area contributed by atoms with Crippen LogP contribution in [0.5, 0.6) is 0 Å². The fourth-order valence-corrected chi connectivity index (χ4v) is 4.65. The molecule has 1 N–H and O–H groups in total. The number of hydrogen-bond acceptors (Lipinski definition) is 5. The van der Waals surface area contributed by atoms with Gasteiger partial charge >= 0.3 is 0 Å². The maximum Gasteiger partial charge on any atom is 0.273 e. The summed E-state index contributed by atoms with van der Waals surface area (Å²) in [5.74, 6) is -2.27. The summed E-state index contributed by atoms with van der Waals surface area (Å²) in [6.07, 6.45) is -1.80. The van der Waals surface area contributed by atoms with Crippen LogP contribution in [0, 0.1) is 6.92 Å². The summed E-state index contributed by atoms with van der Waals surface area (Å²) in [5.41, 5.74) is -0.722. The number of halogens is 4. The van der Waals surface area contributed by atoms with Crippen molar-refractivity contribution in [2.45, 2.75) is 56.7 Å². The van der Waals surface area contributed by atoms with Gasteiger partial charge in [0.15, 0.2) is 6.23 Å². The van der Waals surface area contributed by atoms with Gasteiger partial charge in [-0.2, -0.15) is 0 Å². The van der Waals surface area contributed by atoms with E-state index in [1.165, 1.54) is 25.4 Å². The van der Waals surface area contributed by atoms with Gasteiger partial charge in [-0.1, -0.05) is 18.2 Å². The number of hydrogen-bond donors (Lipinski definition) is 1. The lowest BCUT2D eigenvalue weighted by molar-refractivity contribution is -0.00186. The Balaban J connectivity index is 1.60. The van der Waals surface area contributed by atoms with Crippen molar-refractivity contribution in [2.24, 2.45) is 0 Å². The van der Waals surface area contributed by atoms with Crippen LogP contribution in [0.1, 0.15) is 48.0 Å². The van der Waals surface area contributed by atoms with Crippen LogP contribution in [0.15, 0.2) is 35.3 Å². The van der Waals surface area contributed by atoms with Gasteiger partial charge in [0.2, 0.25) is 0 Å². The van der Waals surface area contributed by atoms with Crippen LogP contribution in [0.3, 0.4) is 0 Å². The Morgan fingerprint density at radius 2 is 1.94 bits per heavy atom. The number of fused-ring (bicyclic) bond motifs is 2. The number of ether oxygens (including phenoxy) is 1. The smallest absolute Gasteiger partial charge is 0.273 e. The second-order valence-corrected chi connectivity index (χ2v) is 8.64. The molecule has 3 aromatic rings. The molecule has 1 saturated carbocycles. The van der Waals surface area contributed by atoms with Crippen LogP contribution in [-0.2, 0) is 22.6 Å². The number of methoxy groups -OCH3 is 1. The van der Waals surface area contributed by atoms with E-state index in [0.29, 0.717) is 27.9 Å². The predicted molar refractivity (Wildman–Crippen MR) is 114 cm³/mol. The Labute approximate surface area is 186 Å². The van der Waals surface area contributed by atoms with Crippen molar-refractivity contribution >= 4 is 16.7 Å². The molecule has 6 nitrogen and oxygen atoms in total. The first-order valence-electron chi connectivity index (χ1n) is 10.7. The van der Waals surface area contributed by atoms with Crippen molar-refractivity contribution in [3.63, 3.8) is 0 Å². The Bertz CT molecular complexity index is 1300. The van der Waals surface area contributed by atoms with Gasteiger partial charge < -0.3 is 14.6 Å². The standard InChI is InChI=1S/C23H22F4N4O2/c1-12-28-17-10-18(32)31(22(8-9-22)21(24)25)11-15(17)19(29-12)30-20(33-2)14-4-3-5-16-13(14)6-7-23(16,26)27/h3-5,10-11,20-21H,6-9H2,1-2H3,(H,28,29,30). The molecule has 0 aliphatic heterocycles. The number of nitrogens with zero attached hydrogens (tertiary/aromatic N) is 3. The minimum atomic E-state index is -2.90. The van der Waals surface area contributed by atoms with Gasteiger partial charge in [-0.3, -0.25) is 4.79 Å². The number of anilines is 1. The molecule has 1 atom stereocenters. The number of benzene rings is 1. The number of pyridine rings is 1. The largest absolute Gasteiger partial charge is 0.357 e. The van der Waals surface area contributed by atoms with Gasteiger partial charge in [-0.15, -0.1) is 0 Å². The van der Waals surface area contributed by atoms with E-state index in [-0.39, 0.29) is 37.1 Å². The van der Waals surface area contributed by atoms with Crippen LogP contribution in [0.4, 0.5) is 23.4 Å². The average molecular weight is 462 g/mol. The SMILES string of the molecule is COC(Nc1nc(C)nc2cc(=O)n(C3(C(F)F)CC3)cc12)c1cccc2c1CCC2(F)F. The van der Waals surface area contributed by atoms with Crippen LogP contribution in [0.25, 0.3) is 10.9 Å². The fraction of sp³-hybridized carbons (Fsp3) is 0.435. The molecule has 0 amide bonds. The molecule has 2 heterocycles. The molecule has 0 spiro atoms. The Hall–Kier alpha value is -3.01. The zero-order valence-electron chi connectivity index (χ0n) is 18.0. The molecular formula is C23H22F4N4O2. The zero-order chi connectivity index (χ0) is 23.5. The molecule has 5 rings (SSSR count). The molecule has 1 unspecified atom stereocenters. The molecule has 0 bridgehead atoms. The highest BCUT2D eigenvalue weighted by Crippen LogP contribution is 2.48. The number of nitrogens with one attached hydrogen (secondary N) is 1. The number of aromatic nitrogens is 3. The van der Waals surface area contributed by atoms with Crippen LogP contribution in [0.2, 0.25) is 0 Å². The quantitative estimate of drug-likeness (QED) is 0.427. The summed E-state index contributed by atoms with van der Waals surface area (Å²) >= 11 is 0. The molecule has 1 aromatic carbocycles. The van der Waals surface area contributed by atoms with E-state index in [1.54, 1.807) is 19.1 Å². The normalized spacial score (nSPS) is 19.0. The molecular weight excluding hydrogens is 440 g/mol. The van der Waals surface area contributed by atoms with E-state index in [0.717, 1.165) is 4.57 Å². The average Bonchev–Trinajstić information content (AvgIpc) is 3.51. The maximum absolute atomic E-state index is 14.3. The summed E-state index contributed by atoms with van der Waals surface area (Å²) in [4.78, 5) is 21.3. The monoisotopic (exact) mass is 462 g/mol. The Morgan fingerprint density at radius 3 is 2.61 bits per heavy atom. The number of aryl methyl sites for hydroxylation is 1. The minimum Gasteiger partial charge on any atom is -0.357 e. The third-order valence-corrected chi connectivity index (χ3v) is 6.57. The van der Waals surface area contributed by atoms with E-state index in [4.69, 9.17) is 4.74 Å². The number of rotatable bonds is 6. The highest BCUT2D eigenvalue weighted by molar-refractivity contribution is 5.88. The van der Waals surface area contributed by atoms with Crippen molar-refractivity contribution in [1.29, 1.82) is 0 Å². The fourth-order valence-electron chi connectivity index (χ4n) is 4.65. The van der Waals surface area contributed by atoms with Crippen molar-refractivity contribution in [3.8, 4) is 0 Å². The van der Waals surface area contributed by atoms with E-state index >= 15 is 0 Å². The van der Waals surface area contributed by atoms with Crippen molar-refractivity contribution in [2.75, 3.05) is 12.4 Å². The van der Waals surface area contributed by atoms with E-state index in [9.17, 15) is 22.4 Å². The Kier molecular flexibility index (Phi) is 4.97. The number of alkyl halides is 4. The molecule has 33 heavy (non-hydrogen) atoms. The summed E-state index contributed by atoms with van der Waals surface area (Å²) in [6, 6.07) is 5.91. The maximum atomic E-state index is 14.3. The second-order valence-electron chi connectivity index (χ2n) is 8.64. The van der Waals surface area contributed by atoms with Crippen molar-refractivity contribution in [1.82, 2.24) is 14.5 Å². The lowest BCUT2D eigenvalue weighted by atomic mass is 10.0. The van der Waals surface area contributed by atoms with Gasteiger partial charge in [-0.05, 0) is 31.7 Å². The minimum absolute atomic E-state index is 0.0194. The first-order chi connectivity index (χ1) is 15.7. The van der Waals surface area contributed by atoms with Gasteiger partial charge in [0.05, 0.1) is 10.9 Å². The highest BCUT2D eigenvalue weighted by Gasteiger charge is 2.53. The molecule has 1 fully saturated rings. The van der Waals surface area contributed by atoms with Gasteiger partial charge in [0.1, 0.15) is 17.2 Å². The summed E-state index contributed by atoms with van der Waals surface area (Å²) in [7, 11) is 1.44. The van der Waals surface area contributed by atoms with Crippen molar-refractivity contribution in [3.05, 3.63) is 63.3 Å². The summed E-state index contributed by atoms with van der Waals surface area (Å²) in [6.45, 7) is 1.64. The molecule has 10 heteroatoms. The van der Waals surface area contributed by atoms with Gasteiger partial charge in [0, 0.05) is 36.9 Å². The molecule has 2 aromatic heterocycles. The first kappa shape index (κ1) is 21.8.